The Morgan fingerprint density at radius 3 is 1.71 bits per heavy atom. The smallest absolute Gasteiger partial charge is 0.150 e. The van der Waals surface area contributed by atoms with E-state index >= 15 is 0 Å². The van der Waals surface area contributed by atoms with Crippen LogP contribution in [0.2, 0.25) is 0 Å². The molecular formula is C24H40O4. The third-order valence-corrected chi connectivity index (χ3v) is 4.78. The molecule has 0 saturated heterocycles. The maximum absolute atomic E-state index is 10.6. The molecule has 0 aliphatic carbocycles. The summed E-state index contributed by atoms with van der Waals surface area (Å²) in [6.07, 6.45) is 15.7. The summed E-state index contributed by atoms with van der Waals surface area (Å²) in [5.41, 5.74) is 0.651. The molecule has 0 radical (unpaired) electrons. The fourth-order valence-electron chi connectivity index (χ4n) is 3.05. The van der Waals surface area contributed by atoms with Crippen molar-refractivity contribution in [3.8, 4) is 5.75 Å². The van der Waals surface area contributed by atoms with Crippen molar-refractivity contribution in [1.82, 2.24) is 0 Å². The average molecular weight is 393 g/mol. The molecule has 4 heteroatoms. The lowest BCUT2D eigenvalue weighted by Gasteiger charge is -2.08. The lowest BCUT2D eigenvalue weighted by Crippen LogP contribution is -2.11. The van der Waals surface area contributed by atoms with Crippen LogP contribution in [0.1, 0.15) is 87.9 Å². The van der Waals surface area contributed by atoms with Crippen LogP contribution in [0.4, 0.5) is 0 Å². The van der Waals surface area contributed by atoms with Crippen LogP contribution in [-0.2, 0) is 9.47 Å². The minimum atomic E-state index is 0.499. The summed E-state index contributed by atoms with van der Waals surface area (Å²) < 4.78 is 16.7. The number of hydrogen-bond acceptors (Lipinski definition) is 4. The van der Waals surface area contributed by atoms with Crippen molar-refractivity contribution in [1.29, 1.82) is 0 Å². The molecular weight excluding hydrogens is 352 g/mol. The molecule has 0 aliphatic heterocycles. The molecule has 0 bridgehead atoms. The van der Waals surface area contributed by atoms with Gasteiger partial charge in [0.2, 0.25) is 0 Å². The minimum absolute atomic E-state index is 0.499. The van der Waals surface area contributed by atoms with E-state index in [1.54, 1.807) is 24.3 Å². The molecule has 1 rings (SSSR count). The monoisotopic (exact) mass is 392 g/mol. The van der Waals surface area contributed by atoms with Crippen molar-refractivity contribution >= 4 is 6.29 Å². The summed E-state index contributed by atoms with van der Waals surface area (Å²) in [4.78, 5) is 10.6. The largest absolute Gasteiger partial charge is 0.491 e. The molecule has 0 saturated carbocycles. The van der Waals surface area contributed by atoms with Gasteiger partial charge in [-0.3, -0.25) is 4.79 Å². The maximum atomic E-state index is 10.6. The quantitative estimate of drug-likeness (QED) is 0.195. The molecule has 0 amide bonds. The van der Waals surface area contributed by atoms with Gasteiger partial charge in [-0.1, -0.05) is 71.1 Å². The summed E-state index contributed by atoms with van der Waals surface area (Å²) in [6, 6.07) is 7.07. The van der Waals surface area contributed by atoms with Gasteiger partial charge in [0, 0.05) is 12.2 Å². The number of unbranched alkanes of at least 4 members (excludes halogenated alkanes) is 10. The van der Waals surface area contributed by atoms with Gasteiger partial charge in [-0.25, -0.2) is 0 Å². The second-order valence-corrected chi connectivity index (χ2v) is 7.30. The molecule has 0 fully saturated rings. The first-order chi connectivity index (χ1) is 13.9. The fourth-order valence-corrected chi connectivity index (χ4v) is 3.05. The van der Waals surface area contributed by atoms with E-state index in [0.29, 0.717) is 32.0 Å². The first kappa shape index (κ1) is 24.6. The van der Waals surface area contributed by atoms with E-state index in [2.05, 4.69) is 6.92 Å². The predicted molar refractivity (Wildman–Crippen MR) is 115 cm³/mol. The van der Waals surface area contributed by atoms with Crippen LogP contribution in [0, 0.1) is 0 Å². The van der Waals surface area contributed by atoms with Crippen LogP contribution < -0.4 is 4.74 Å². The molecule has 0 N–H and O–H groups in total. The van der Waals surface area contributed by atoms with E-state index < -0.39 is 0 Å². The number of carbonyl (C=O) groups is 1. The van der Waals surface area contributed by atoms with Gasteiger partial charge in [0.25, 0.3) is 0 Å². The van der Waals surface area contributed by atoms with Gasteiger partial charge in [0.15, 0.2) is 0 Å². The van der Waals surface area contributed by atoms with Crippen LogP contribution in [0.3, 0.4) is 0 Å². The van der Waals surface area contributed by atoms with E-state index in [4.69, 9.17) is 14.2 Å². The topological polar surface area (TPSA) is 44.8 Å². The average Bonchev–Trinajstić information content (AvgIpc) is 2.73. The zero-order valence-electron chi connectivity index (χ0n) is 17.8. The van der Waals surface area contributed by atoms with Crippen LogP contribution >= 0.6 is 0 Å². The van der Waals surface area contributed by atoms with Crippen molar-refractivity contribution in [2.24, 2.45) is 0 Å². The molecule has 1 aromatic carbocycles. The summed E-state index contributed by atoms with van der Waals surface area (Å²) in [5, 5.41) is 0. The van der Waals surface area contributed by atoms with Crippen LogP contribution in [0.5, 0.6) is 5.75 Å². The molecule has 0 aromatic heterocycles. The van der Waals surface area contributed by atoms with E-state index in [-0.39, 0.29) is 0 Å². The van der Waals surface area contributed by atoms with Gasteiger partial charge in [0.1, 0.15) is 18.6 Å². The van der Waals surface area contributed by atoms with Crippen LogP contribution in [0.25, 0.3) is 0 Å². The Morgan fingerprint density at radius 1 is 0.643 bits per heavy atom. The van der Waals surface area contributed by atoms with Crippen molar-refractivity contribution in [2.45, 2.75) is 77.6 Å². The van der Waals surface area contributed by atoms with Crippen molar-refractivity contribution in [3.05, 3.63) is 29.8 Å². The summed E-state index contributed by atoms with van der Waals surface area (Å²) in [7, 11) is 0. The highest BCUT2D eigenvalue weighted by Gasteiger charge is 1.96. The molecule has 0 aliphatic rings. The predicted octanol–water partition coefficient (Wildman–Crippen LogP) is 6.22. The van der Waals surface area contributed by atoms with Gasteiger partial charge >= 0.3 is 0 Å². The SMILES string of the molecule is CCCCCCCCCCCCCOCCOCCOc1ccc(C=O)cc1. The number of hydrogen-bond donors (Lipinski definition) is 0. The second kappa shape index (κ2) is 18.9. The summed E-state index contributed by atoms with van der Waals surface area (Å²) >= 11 is 0. The minimum Gasteiger partial charge on any atom is -0.491 e. The zero-order chi connectivity index (χ0) is 20.1. The lowest BCUT2D eigenvalue weighted by atomic mass is 10.1. The van der Waals surface area contributed by atoms with Crippen LogP contribution in [0.15, 0.2) is 24.3 Å². The van der Waals surface area contributed by atoms with Crippen molar-refractivity contribution in [3.63, 3.8) is 0 Å². The standard InChI is InChI=1S/C24H40O4/c1-2-3-4-5-6-7-8-9-10-11-12-17-26-18-19-27-20-21-28-24-15-13-23(22-25)14-16-24/h13-16,22H,2-12,17-21H2,1H3. The Bertz CT molecular complexity index is 458. The van der Waals surface area contributed by atoms with Gasteiger partial charge in [-0.05, 0) is 30.7 Å². The van der Waals surface area contributed by atoms with Gasteiger partial charge < -0.3 is 14.2 Å². The Labute approximate surface area is 172 Å². The van der Waals surface area contributed by atoms with Gasteiger partial charge in [0.05, 0.1) is 19.8 Å². The molecule has 4 nitrogen and oxygen atoms in total. The lowest BCUT2D eigenvalue weighted by molar-refractivity contribution is 0.0352. The van der Waals surface area contributed by atoms with Gasteiger partial charge in [-0.2, -0.15) is 0 Å². The zero-order valence-corrected chi connectivity index (χ0v) is 17.8. The molecule has 0 heterocycles. The fraction of sp³-hybridized carbons (Fsp3) is 0.708. The Balaban J connectivity index is 1.74. The highest BCUT2D eigenvalue weighted by Crippen LogP contribution is 2.12. The number of rotatable bonds is 20. The van der Waals surface area contributed by atoms with Crippen molar-refractivity contribution in [2.75, 3.05) is 33.0 Å². The molecule has 28 heavy (non-hydrogen) atoms. The Morgan fingerprint density at radius 2 is 1.14 bits per heavy atom. The number of benzene rings is 1. The number of aldehydes is 1. The van der Waals surface area contributed by atoms with E-state index in [0.717, 1.165) is 25.1 Å². The number of carbonyl (C=O) groups excluding carboxylic acids is 1. The highest BCUT2D eigenvalue weighted by molar-refractivity contribution is 5.74. The number of ether oxygens (including phenoxy) is 3. The Hall–Kier alpha value is -1.39. The molecule has 0 atom stereocenters. The highest BCUT2D eigenvalue weighted by atomic mass is 16.5. The second-order valence-electron chi connectivity index (χ2n) is 7.30. The van der Waals surface area contributed by atoms with E-state index in [9.17, 15) is 4.79 Å². The molecule has 1 aromatic rings. The van der Waals surface area contributed by atoms with Crippen LogP contribution in [-0.4, -0.2) is 39.3 Å². The van der Waals surface area contributed by atoms with E-state index in [1.807, 2.05) is 0 Å². The summed E-state index contributed by atoms with van der Waals surface area (Å²) in [5.74, 6) is 0.752. The van der Waals surface area contributed by atoms with Crippen molar-refractivity contribution < 1.29 is 19.0 Å². The first-order valence-corrected chi connectivity index (χ1v) is 11.2. The van der Waals surface area contributed by atoms with E-state index in [1.165, 1.54) is 64.2 Å². The molecule has 0 unspecified atom stereocenters. The third-order valence-electron chi connectivity index (χ3n) is 4.78. The molecule has 160 valence electrons. The van der Waals surface area contributed by atoms with Gasteiger partial charge in [-0.15, -0.1) is 0 Å². The summed E-state index contributed by atoms with van der Waals surface area (Å²) in [6.45, 7) is 5.39. The maximum Gasteiger partial charge on any atom is 0.150 e. The first-order valence-electron chi connectivity index (χ1n) is 11.2. The Kier molecular flexibility index (Phi) is 16.7. The molecule has 0 spiro atoms. The third kappa shape index (κ3) is 14.6. The normalized spacial score (nSPS) is 10.9.